The lowest BCUT2D eigenvalue weighted by Crippen LogP contribution is -2.06. The highest BCUT2D eigenvalue weighted by Crippen LogP contribution is 2.22. The van der Waals surface area contributed by atoms with E-state index in [9.17, 15) is 13.8 Å². The molecule has 22 heavy (non-hydrogen) atoms. The average Bonchev–Trinajstić information content (AvgIpc) is 2.45. The van der Waals surface area contributed by atoms with Gasteiger partial charge in [0, 0.05) is 11.2 Å². The number of carbonyl (C=O) groups is 1. The van der Waals surface area contributed by atoms with Crippen LogP contribution in [0.15, 0.2) is 50.5 Å². The summed E-state index contributed by atoms with van der Waals surface area (Å²) in [7, 11) is -2.96. The van der Waals surface area contributed by atoms with E-state index in [0.29, 0.717) is 5.58 Å². The topological polar surface area (TPSA) is 108 Å². The first kappa shape index (κ1) is 14.3. The van der Waals surface area contributed by atoms with Crippen LogP contribution >= 0.6 is 0 Å². The van der Waals surface area contributed by atoms with Crippen LogP contribution in [0, 0.1) is 4.78 Å². The quantitative estimate of drug-likeness (QED) is 0.706. The standard InChI is InChI=1S/C15H11NO5S/c1-22(16,20)9-3-5-13-11(7-9)14(17)10-6-8(15(18)19)2-4-12(10)21-13/h2-7,16H,1H3,(H,18,19)/t22-/m0/s1. The number of aromatic carboxylic acids is 1. The minimum absolute atomic E-state index is 0.0184. The smallest absolute Gasteiger partial charge is 0.335 e. The van der Waals surface area contributed by atoms with Gasteiger partial charge in [-0.1, -0.05) is 0 Å². The third-order valence-electron chi connectivity index (χ3n) is 3.34. The Balaban J connectivity index is 2.44. The normalized spacial score (nSPS) is 14.0. The fraction of sp³-hybridized carbons (Fsp3) is 0.0667. The second-order valence-electron chi connectivity index (χ2n) is 4.95. The van der Waals surface area contributed by atoms with Crippen LogP contribution < -0.4 is 5.43 Å². The maximum absolute atomic E-state index is 12.5. The molecule has 2 aromatic carbocycles. The third kappa shape index (κ3) is 2.25. The molecule has 0 radical (unpaired) electrons. The van der Waals surface area contributed by atoms with Gasteiger partial charge in [0.1, 0.15) is 11.2 Å². The summed E-state index contributed by atoms with van der Waals surface area (Å²) < 4.78 is 25.0. The molecule has 0 aliphatic rings. The molecule has 6 nitrogen and oxygen atoms in total. The summed E-state index contributed by atoms with van der Waals surface area (Å²) >= 11 is 0. The Morgan fingerprint density at radius 1 is 1.14 bits per heavy atom. The summed E-state index contributed by atoms with van der Waals surface area (Å²) in [4.78, 5) is 23.8. The van der Waals surface area contributed by atoms with E-state index in [2.05, 4.69) is 0 Å². The van der Waals surface area contributed by atoms with Crippen LogP contribution in [0.4, 0.5) is 0 Å². The van der Waals surface area contributed by atoms with Gasteiger partial charge in [-0.05, 0) is 36.4 Å². The predicted octanol–water partition coefficient (Wildman–Crippen LogP) is 2.68. The van der Waals surface area contributed by atoms with Crippen LogP contribution in [0.2, 0.25) is 0 Å². The number of carboxylic acids is 1. The molecule has 0 unspecified atom stereocenters. The Kier molecular flexibility index (Phi) is 3.03. The van der Waals surface area contributed by atoms with Gasteiger partial charge in [0.15, 0.2) is 0 Å². The molecular weight excluding hydrogens is 306 g/mol. The highest BCUT2D eigenvalue weighted by atomic mass is 32.2. The van der Waals surface area contributed by atoms with Crippen LogP contribution in [0.1, 0.15) is 10.4 Å². The molecule has 1 heterocycles. The van der Waals surface area contributed by atoms with Gasteiger partial charge < -0.3 is 9.52 Å². The van der Waals surface area contributed by atoms with Crippen molar-refractivity contribution in [1.82, 2.24) is 0 Å². The first-order valence-corrected chi connectivity index (χ1v) is 8.22. The van der Waals surface area contributed by atoms with Gasteiger partial charge in [-0.3, -0.25) is 4.79 Å². The molecule has 7 heteroatoms. The number of hydrogen-bond acceptors (Lipinski definition) is 5. The van der Waals surface area contributed by atoms with Crippen LogP contribution in [-0.2, 0) is 9.73 Å². The Hall–Kier alpha value is -2.67. The zero-order chi connectivity index (χ0) is 16.1. The molecule has 1 atom stereocenters. The zero-order valence-corrected chi connectivity index (χ0v) is 12.3. The van der Waals surface area contributed by atoms with Gasteiger partial charge >= 0.3 is 5.97 Å². The van der Waals surface area contributed by atoms with Crippen molar-refractivity contribution in [2.24, 2.45) is 0 Å². The van der Waals surface area contributed by atoms with Crippen molar-refractivity contribution in [3.8, 4) is 0 Å². The maximum atomic E-state index is 12.5. The van der Waals surface area contributed by atoms with Crippen LogP contribution in [-0.4, -0.2) is 21.5 Å². The molecule has 3 rings (SSSR count). The van der Waals surface area contributed by atoms with Crippen LogP contribution in [0.3, 0.4) is 0 Å². The summed E-state index contributed by atoms with van der Waals surface area (Å²) in [6.45, 7) is 0. The average molecular weight is 317 g/mol. The van der Waals surface area contributed by atoms with Crippen molar-refractivity contribution in [3.05, 3.63) is 52.2 Å². The Morgan fingerprint density at radius 3 is 2.32 bits per heavy atom. The summed E-state index contributed by atoms with van der Waals surface area (Å²) in [5, 5.41) is 9.32. The molecule has 1 aromatic heterocycles. The Labute approximate surface area is 125 Å². The number of benzene rings is 2. The maximum Gasteiger partial charge on any atom is 0.335 e. The molecule has 0 spiro atoms. The fourth-order valence-corrected chi connectivity index (χ4v) is 2.88. The van der Waals surface area contributed by atoms with E-state index < -0.39 is 21.1 Å². The summed E-state index contributed by atoms with van der Waals surface area (Å²) in [5.74, 6) is -1.14. The van der Waals surface area contributed by atoms with Gasteiger partial charge in [0.2, 0.25) is 5.43 Å². The largest absolute Gasteiger partial charge is 0.478 e. The lowest BCUT2D eigenvalue weighted by molar-refractivity contribution is 0.0697. The van der Waals surface area contributed by atoms with Gasteiger partial charge in [-0.15, -0.1) is 0 Å². The monoisotopic (exact) mass is 317 g/mol. The number of nitrogens with one attached hydrogen (secondary N) is 1. The van der Waals surface area contributed by atoms with E-state index >= 15 is 0 Å². The third-order valence-corrected chi connectivity index (χ3v) is 4.49. The van der Waals surface area contributed by atoms with Crippen LogP contribution in [0.5, 0.6) is 0 Å². The first-order valence-electron chi connectivity index (χ1n) is 6.25. The second kappa shape index (κ2) is 4.67. The van der Waals surface area contributed by atoms with Gasteiger partial charge in [0.25, 0.3) is 0 Å². The molecule has 0 aliphatic carbocycles. The van der Waals surface area contributed by atoms with Crippen molar-refractivity contribution in [1.29, 1.82) is 4.78 Å². The van der Waals surface area contributed by atoms with E-state index in [4.69, 9.17) is 14.3 Å². The highest BCUT2D eigenvalue weighted by molar-refractivity contribution is 7.91. The predicted molar refractivity (Wildman–Crippen MR) is 82.0 cm³/mol. The molecule has 0 fully saturated rings. The van der Waals surface area contributed by atoms with Crippen LogP contribution in [0.25, 0.3) is 21.9 Å². The number of fused-ring (bicyclic) bond motifs is 2. The van der Waals surface area contributed by atoms with Crippen molar-refractivity contribution < 1.29 is 18.5 Å². The highest BCUT2D eigenvalue weighted by Gasteiger charge is 2.13. The molecule has 0 amide bonds. The SMILES string of the molecule is C[S@](=N)(=O)c1ccc2oc3ccc(C(=O)O)cc3c(=O)c2c1. The molecular formula is C15H11NO5S. The number of carboxylic acid groups (broad SMARTS) is 1. The molecule has 0 bridgehead atoms. The minimum atomic E-state index is -2.96. The van der Waals surface area contributed by atoms with E-state index in [1.54, 1.807) is 0 Å². The molecule has 0 saturated heterocycles. The van der Waals surface area contributed by atoms with Crippen molar-refractivity contribution in [3.63, 3.8) is 0 Å². The van der Waals surface area contributed by atoms with Gasteiger partial charge in [-0.2, -0.15) is 0 Å². The van der Waals surface area contributed by atoms with Gasteiger partial charge in [-0.25, -0.2) is 13.8 Å². The molecule has 3 aromatic rings. The lowest BCUT2D eigenvalue weighted by atomic mass is 10.1. The zero-order valence-electron chi connectivity index (χ0n) is 11.5. The summed E-state index contributed by atoms with van der Waals surface area (Å²) in [6, 6.07) is 8.38. The molecule has 0 saturated carbocycles. The number of hydrogen-bond donors (Lipinski definition) is 2. The van der Waals surface area contributed by atoms with E-state index in [1.807, 2.05) is 0 Å². The Morgan fingerprint density at radius 2 is 1.73 bits per heavy atom. The first-order chi connectivity index (χ1) is 10.3. The Bertz CT molecular complexity index is 1100. The van der Waals surface area contributed by atoms with Crippen molar-refractivity contribution in [2.75, 3.05) is 6.26 Å². The summed E-state index contributed by atoms with van der Waals surface area (Å²) in [6.07, 6.45) is 1.26. The second-order valence-corrected chi connectivity index (χ2v) is 7.11. The van der Waals surface area contributed by atoms with Crippen molar-refractivity contribution in [2.45, 2.75) is 4.90 Å². The minimum Gasteiger partial charge on any atom is -0.478 e. The van der Waals surface area contributed by atoms with E-state index in [1.165, 1.54) is 42.7 Å². The van der Waals surface area contributed by atoms with E-state index in [-0.39, 0.29) is 26.8 Å². The van der Waals surface area contributed by atoms with E-state index in [0.717, 1.165) is 0 Å². The van der Waals surface area contributed by atoms with Crippen molar-refractivity contribution >= 4 is 37.6 Å². The fourth-order valence-electron chi connectivity index (χ4n) is 2.21. The molecule has 0 aliphatic heterocycles. The van der Waals surface area contributed by atoms with Gasteiger partial charge in [0.05, 0.1) is 26.1 Å². The molecule has 2 N–H and O–H groups in total. The summed E-state index contributed by atoms with van der Waals surface area (Å²) in [5.41, 5.74) is 0.145. The molecule has 112 valence electrons. The number of rotatable bonds is 2. The lowest BCUT2D eigenvalue weighted by Gasteiger charge is -2.05.